The van der Waals surface area contributed by atoms with Crippen LogP contribution in [0.2, 0.25) is 0 Å². The van der Waals surface area contributed by atoms with Crippen molar-refractivity contribution in [1.82, 2.24) is 20.5 Å². The highest BCUT2D eigenvalue weighted by molar-refractivity contribution is 5.76. The molecular weight excluding hydrogens is 264 g/mol. The van der Waals surface area contributed by atoms with Crippen LogP contribution < -0.4 is 5.32 Å². The molecule has 4 saturated carbocycles. The monoisotopic (exact) mass is 288 g/mol. The summed E-state index contributed by atoms with van der Waals surface area (Å²) in [4.78, 5) is 16.4. The van der Waals surface area contributed by atoms with Gasteiger partial charge < -0.3 is 5.32 Å². The molecule has 2 N–H and O–H groups in total. The molecule has 4 aliphatic carbocycles. The minimum absolute atomic E-state index is 0.233. The lowest BCUT2D eigenvalue weighted by Crippen LogP contribution is -2.48. The molecule has 0 radical (unpaired) electrons. The van der Waals surface area contributed by atoms with Crippen molar-refractivity contribution in [3.05, 3.63) is 12.2 Å². The van der Waals surface area contributed by atoms with E-state index >= 15 is 0 Å². The number of nitrogens with zero attached hydrogens (tertiary/aromatic N) is 2. The largest absolute Gasteiger partial charge is 0.356 e. The fraction of sp³-hybridized carbons (Fsp3) is 0.812. The predicted octanol–water partition coefficient (Wildman–Crippen LogP) is 2.07. The molecule has 1 heterocycles. The third kappa shape index (κ3) is 2.70. The van der Waals surface area contributed by atoms with Crippen LogP contribution >= 0.6 is 0 Å². The average molecular weight is 288 g/mol. The van der Waals surface area contributed by atoms with E-state index in [1.807, 2.05) is 0 Å². The molecular formula is C16H24N4O. The highest BCUT2D eigenvalue weighted by Crippen LogP contribution is 2.61. The van der Waals surface area contributed by atoms with E-state index in [4.69, 9.17) is 0 Å². The Bertz CT molecular complexity index is 475. The molecule has 1 aromatic heterocycles. The van der Waals surface area contributed by atoms with Gasteiger partial charge in [0, 0.05) is 19.4 Å². The molecule has 5 heteroatoms. The zero-order valence-electron chi connectivity index (χ0n) is 12.5. The smallest absolute Gasteiger partial charge is 0.220 e. The molecule has 4 bridgehead atoms. The highest BCUT2D eigenvalue weighted by Gasteiger charge is 2.51. The van der Waals surface area contributed by atoms with E-state index in [1.165, 1.54) is 44.9 Å². The first-order valence-electron chi connectivity index (χ1n) is 8.32. The van der Waals surface area contributed by atoms with Crippen LogP contribution in [-0.4, -0.2) is 27.6 Å². The van der Waals surface area contributed by atoms with Gasteiger partial charge in [-0.1, -0.05) is 0 Å². The second kappa shape index (κ2) is 5.11. The molecule has 0 aromatic carbocycles. The highest BCUT2D eigenvalue weighted by atomic mass is 16.1. The van der Waals surface area contributed by atoms with Gasteiger partial charge in [0.25, 0.3) is 0 Å². The van der Waals surface area contributed by atoms with Crippen molar-refractivity contribution in [3.63, 3.8) is 0 Å². The molecule has 0 aliphatic heterocycles. The first kappa shape index (κ1) is 13.3. The van der Waals surface area contributed by atoms with Crippen molar-refractivity contribution in [2.24, 2.45) is 23.2 Å². The lowest BCUT2D eigenvalue weighted by molar-refractivity contribution is -0.129. The second-order valence-corrected chi connectivity index (χ2v) is 7.63. The van der Waals surface area contributed by atoms with Gasteiger partial charge in [0.15, 0.2) is 0 Å². The van der Waals surface area contributed by atoms with Crippen molar-refractivity contribution < 1.29 is 4.79 Å². The van der Waals surface area contributed by atoms with Gasteiger partial charge in [0.2, 0.25) is 5.91 Å². The number of aromatic nitrogens is 3. The fourth-order valence-corrected chi connectivity index (χ4v) is 5.58. The van der Waals surface area contributed by atoms with Crippen molar-refractivity contribution in [2.45, 2.75) is 51.4 Å². The summed E-state index contributed by atoms with van der Waals surface area (Å²) >= 11 is 0. The summed E-state index contributed by atoms with van der Waals surface area (Å²) in [6, 6.07) is 0. The third-order valence-electron chi connectivity index (χ3n) is 5.85. The van der Waals surface area contributed by atoms with E-state index in [9.17, 15) is 4.79 Å². The normalized spacial score (nSPS) is 36.9. The van der Waals surface area contributed by atoms with Crippen LogP contribution in [0.1, 0.15) is 50.8 Å². The second-order valence-electron chi connectivity index (χ2n) is 7.63. The maximum atomic E-state index is 12.3. The van der Waals surface area contributed by atoms with Crippen LogP contribution in [0.3, 0.4) is 0 Å². The lowest BCUT2D eigenvalue weighted by Gasteiger charge is -2.56. The summed E-state index contributed by atoms with van der Waals surface area (Å²) in [6.45, 7) is 0.653. The van der Waals surface area contributed by atoms with Crippen LogP contribution in [-0.2, 0) is 11.2 Å². The van der Waals surface area contributed by atoms with Gasteiger partial charge in [-0.25, -0.2) is 4.98 Å². The third-order valence-corrected chi connectivity index (χ3v) is 5.85. The van der Waals surface area contributed by atoms with Crippen molar-refractivity contribution in [3.8, 4) is 0 Å². The molecule has 21 heavy (non-hydrogen) atoms. The first-order valence-corrected chi connectivity index (χ1v) is 8.32. The number of carbonyl (C=O) groups excluding carboxylic acids is 1. The number of nitrogens with one attached hydrogen (secondary N) is 2. The van der Waals surface area contributed by atoms with E-state index in [0.29, 0.717) is 12.0 Å². The van der Waals surface area contributed by atoms with Gasteiger partial charge >= 0.3 is 0 Å². The van der Waals surface area contributed by atoms with Gasteiger partial charge in [-0.2, -0.15) is 5.10 Å². The molecule has 4 aliphatic rings. The number of amides is 1. The van der Waals surface area contributed by atoms with Crippen molar-refractivity contribution in [1.29, 1.82) is 0 Å². The van der Waals surface area contributed by atoms with Gasteiger partial charge in [-0.15, -0.1) is 0 Å². The Labute approximate surface area is 125 Å². The molecule has 0 spiro atoms. The Hall–Kier alpha value is -1.39. The Balaban J connectivity index is 1.30. The maximum absolute atomic E-state index is 12.3. The van der Waals surface area contributed by atoms with E-state index < -0.39 is 0 Å². The zero-order valence-corrected chi connectivity index (χ0v) is 12.5. The number of rotatable bonds is 5. The van der Waals surface area contributed by atoms with Crippen molar-refractivity contribution >= 4 is 5.91 Å². The summed E-state index contributed by atoms with van der Waals surface area (Å²) in [5, 5.41) is 9.71. The summed E-state index contributed by atoms with van der Waals surface area (Å²) in [5.41, 5.74) is 0.338. The molecule has 0 unspecified atom stereocenters. The van der Waals surface area contributed by atoms with Gasteiger partial charge in [0.05, 0.1) is 0 Å². The number of aromatic amines is 1. The van der Waals surface area contributed by atoms with Crippen LogP contribution in [0.15, 0.2) is 6.33 Å². The topological polar surface area (TPSA) is 70.7 Å². The van der Waals surface area contributed by atoms with E-state index in [-0.39, 0.29) is 5.91 Å². The number of H-pyrrole nitrogens is 1. The minimum Gasteiger partial charge on any atom is -0.356 e. The minimum atomic E-state index is 0.233. The molecule has 114 valence electrons. The first-order chi connectivity index (χ1) is 10.2. The average Bonchev–Trinajstić information content (AvgIpc) is 2.89. The Kier molecular flexibility index (Phi) is 3.23. The Morgan fingerprint density at radius 1 is 1.24 bits per heavy atom. The van der Waals surface area contributed by atoms with Crippen LogP contribution in [0.4, 0.5) is 0 Å². The van der Waals surface area contributed by atoms with Crippen LogP contribution in [0.25, 0.3) is 0 Å². The molecule has 5 rings (SSSR count). The molecule has 0 atom stereocenters. The van der Waals surface area contributed by atoms with E-state index in [0.717, 1.165) is 36.4 Å². The van der Waals surface area contributed by atoms with Crippen molar-refractivity contribution in [2.75, 3.05) is 6.54 Å². The summed E-state index contributed by atoms with van der Waals surface area (Å²) in [5.74, 6) is 3.82. The van der Waals surface area contributed by atoms with Crippen LogP contribution in [0.5, 0.6) is 0 Å². The van der Waals surface area contributed by atoms with Crippen LogP contribution in [0, 0.1) is 23.2 Å². The van der Waals surface area contributed by atoms with Gasteiger partial charge in [-0.3, -0.25) is 9.89 Å². The maximum Gasteiger partial charge on any atom is 0.220 e. The molecule has 1 amide bonds. The zero-order chi connectivity index (χ0) is 14.3. The number of hydrogen-bond donors (Lipinski definition) is 2. The number of carbonyl (C=O) groups is 1. The molecule has 0 saturated heterocycles. The summed E-state index contributed by atoms with van der Waals surface area (Å²) in [6.07, 6.45) is 11.2. The molecule has 4 fully saturated rings. The predicted molar refractivity (Wildman–Crippen MR) is 78.3 cm³/mol. The molecule has 5 nitrogen and oxygen atoms in total. The summed E-state index contributed by atoms with van der Waals surface area (Å²) < 4.78 is 0. The Morgan fingerprint density at radius 2 is 1.90 bits per heavy atom. The molecule has 1 aromatic rings. The summed E-state index contributed by atoms with van der Waals surface area (Å²) in [7, 11) is 0. The number of hydrogen-bond acceptors (Lipinski definition) is 3. The van der Waals surface area contributed by atoms with E-state index in [2.05, 4.69) is 20.5 Å². The van der Waals surface area contributed by atoms with E-state index in [1.54, 1.807) is 0 Å². The van der Waals surface area contributed by atoms with Gasteiger partial charge in [0.1, 0.15) is 12.2 Å². The SMILES string of the molecule is O=C(CC12CC3CC(CC(C3)C1)C2)NCCc1ncn[nH]1. The standard InChI is InChI=1S/C16H24N4O/c21-15(17-2-1-14-18-10-19-20-14)9-16-6-11-3-12(7-16)5-13(4-11)8-16/h10-13H,1-9H2,(H,17,21)(H,18,19,20). The fourth-order valence-electron chi connectivity index (χ4n) is 5.58. The van der Waals surface area contributed by atoms with Gasteiger partial charge in [-0.05, 0) is 61.7 Å². The lowest BCUT2D eigenvalue weighted by atomic mass is 9.49. The quantitative estimate of drug-likeness (QED) is 0.871. The Morgan fingerprint density at radius 3 is 2.48 bits per heavy atom.